The van der Waals surface area contributed by atoms with E-state index in [0.29, 0.717) is 11.6 Å². The Labute approximate surface area is 57.8 Å². The van der Waals surface area contributed by atoms with Gasteiger partial charge in [0.05, 0.1) is 1.37 Å². The molecule has 0 spiro atoms. The van der Waals surface area contributed by atoms with Crippen LogP contribution in [0.15, 0.2) is 30.3 Å². The summed E-state index contributed by atoms with van der Waals surface area (Å²) in [5.74, 6) is 0. The van der Waals surface area contributed by atoms with Crippen molar-refractivity contribution >= 4 is 0 Å². The van der Waals surface area contributed by atoms with Gasteiger partial charge in [0.25, 0.3) is 0 Å². The number of hydrogen-bond acceptors (Lipinski definition) is 1. The van der Waals surface area contributed by atoms with Crippen molar-refractivity contribution in [2.45, 2.75) is 6.40 Å². The quantitative estimate of drug-likeness (QED) is 0.628. The van der Waals surface area contributed by atoms with Crippen LogP contribution in [0.5, 0.6) is 0 Å². The van der Waals surface area contributed by atoms with Gasteiger partial charge >= 0.3 is 0 Å². The Balaban J connectivity index is 2.86. The summed E-state index contributed by atoms with van der Waals surface area (Å²) >= 11 is 0. The van der Waals surface area contributed by atoms with Crippen molar-refractivity contribution < 1.29 is 7.85 Å². The number of rotatable bonds is 2. The van der Waals surface area contributed by atoms with E-state index >= 15 is 0 Å². The molecule has 0 heterocycles. The average molecular weight is 124 g/mol. The summed E-state index contributed by atoms with van der Waals surface area (Å²) in [6, 6.07) is 7.08. The molecule has 0 bridgehead atoms. The van der Waals surface area contributed by atoms with E-state index in [2.05, 4.69) is 0 Å². The molecule has 0 aromatic heterocycles. The minimum Gasteiger partial charge on any atom is -0.396 e. The van der Waals surface area contributed by atoms with E-state index in [0.717, 1.165) is 0 Å². The van der Waals surface area contributed by atoms with Crippen LogP contribution in [0.2, 0.25) is 0 Å². The van der Waals surface area contributed by atoms with Crippen molar-refractivity contribution in [3.63, 3.8) is 0 Å². The summed E-state index contributed by atoms with van der Waals surface area (Å²) in [5, 5.41) is 8.63. The lowest BCUT2D eigenvalue weighted by molar-refractivity contribution is 0.299. The number of benzene rings is 1. The molecule has 1 aromatic carbocycles. The second-order valence-electron chi connectivity index (χ2n) is 1.72. The molecule has 1 unspecified atom stereocenters. The molecule has 1 nitrogen and oxygen atoms in total. The number of hydrogen-bond donors (Lipinski definition) is 1. The minimum absolute atomic E-state index is 0.191. The zero-order chi connectivity index (χ0) is 8.27. The van der Waals surface area contributed by atoms with Gasteiger partial charge in [-0.1, -0.05) is 30.3 Å². The monoisotopic (exact) mass is 124 g/mol. The first-order chi connectivity index (χ1) is 5.24. The van der Waals surface area contributed by atoms with Crippen LogP contribution in [0.4, 0.5) is 0 Å². The van der Waals surface area contributed by atoms with Gasteiger partial charge in [-0.2, -0.15) is 0 Å². The van der Waals surface area contributed by atoms with Crippen LogP contribution in [0.1, 0.15) is 8.30 Å². The lowest BCUT2D eigenvalue weighted by atomic mass is 10.2. The third-order valence-corrected chi connectivity index (χ3v) is 1.06. The van der Waals surface area contributed by atoms with E-state index in [4.69, 9.17) is 7.85 Å². The van der Waals surface area contributed by atoms with E-state index in [1.807, 2.05) is 0 Å². The standard InChI is InChI=1S/C8H10O/c9-7-6-8-4-2-1-3-5-8/h1-5,9H,6-7H2/i2D,6D. The van der Waals surface area contributed by atoms with Crippen LogP contribution in [-0.4, -0.2) is 11.7 Å². The molecule has 0 fully saturated rings. The Morgan fingerprint density at radius 3 is 3.11 bits per heavy atom. The van der Waals surface area contributed by atoms with Gasteiger partial charge in [-0.05, 0) is 12.0 Å². The van der Waals surface area contributed by atoms with Gasteiger partial charge < -0.3 is 5.11 Å². The zero-order valence-corrected chi connectivity index (χ0v) is 5.04. The normalized spacial score (nSPS) is 16.1. The number of aliphatic hydroxyl groups excluding tert-OH is 1. The van der Waals surface area contributed by atoms with Crippen molar-refractivity contribution in [1.29, 1.82) is 0 Å². The molecule has 0 saturated heterocycles. The maximum atomic E-state index is 8.63. The van der Waals surface area contributed by atoms with Gasteiger partial charge in [-0.3, -0.25) is 0 Å². The third-order valence-electron chi connectivity index (χ3n) is 1.06. The van der Waals surface area contributed by atoms with Gasteiger partial charge in [0.2, 0.25) is 0 Å². The van der Waals surface area contributed by atoms with Crippen LogP contribution in [0, 0.1) is 0 Å². The Kier molecular flexibility index (Phi) is 1.47. The maximum absolute atomic E-state index is 8.63. The fraction of sp³-hybridized carbons (Fsp3) is 0.250. The lowest BCUT2D eigenvalue weighted by Crippen LogP contribution is -1.88. The Morgan fingerprint density at radius 2 is 2.44 bits per heavy atom. The minimum atomic E-state index is -0.611. The molecule has 0 amide bonds. The highest BCUT2D eigenvalue weighted by atomic mass is 16.2. The molecule has 1 rings (SSSR count). The number of aliphatic hydroxyl groups is 1. The Morgan fingerprint density at radius 1 is 1.56 bits per heavy atom. The van der Waals surface area contributed by atoms with Crippen LogP contribution in [0.25, 0.3) is 0 Å². The topological polar surface area (TPSA) is 20.2 Å². The molecular weight excluding hydrogens is 112 g/mol. The molecule has 1 aromatic rings. The lowest BCUT2D eigenvalue weighted by Gasteiger charge is -1.93. The summed E-state index contributed by atoms with van der Waals surface area (Å²) in [7, 11) is 0. The molecular formula is C8H10O. The van der Waals surface area contributed by atoms with Crippen molar-refractivity contribution in [3.8, 4) is 0 Å². The summed E-state index contributed by atoms with van der Waals surface area (Å²) in [6.07, 6.45) is -0.611. The van der Waals surface area contributed by atoms with E-state index in [-0.39, 0.29) is 6.61 Å². The molecule has 9 heavy (non-hydrogen) atoms. The highest BCUT2D eigenvalue weighted by molar-refractivity contribution is 5.14. The van der Waals surface area contributed by atoms with E-state index in [1.54, 1.807) is 24.3 Å². The summed E-state index contributed by atoms with van der Waals surface area (Å²) < 4.78 is 14.6. The first-order valence-corrected chi connectivity index (χ1v) is 2.83. The largest absolute Gasteiger partial charge is 0.396 e. The zero-order valence-electron chi connectivity index (χ0n) is 7.04. The Bertz CT molecular complexity index is 237. The van der Waals surface area contributed by atoms with Gasteiger partial charge in [-0.25, -0.2) is 0 Å². The molecule has 1 N–H and O–H groups in total. The van der Waals surface area contributed by atoms with E-state index in [1.165, 1.54) is 0 Å². The van der Waals surface area contributed by atoms with E-state index in [9.17, 15) is 0 Å². The predicted octanol–water partition coefficient (Wildman–Crippen LogP) is 1.22. The highest BCUT2D eigenvalue weighted by Crippen LogP contribution is 1.97. The molecule has 1 atom stereocenters. The first kappa shape index (κ1) is 4.07. The van der Waals surface area contributed by atoms with E-state index < -0.39 is 6.40 Å². The molecule has 1 heteroatoms. The predicted molar refractivity (Wildman–Crippen MR) is 37.2 cm³/mol. The van der Waals surface area contributed by atoms with Crippen LogP contribution >= 0.6 is 0 Å². The van der Waals surface area contributed by atoms with Crippen molar-refractivity contribution in [2.24, 2.45) is 0 Å². The van der Waals surface area contributed by atoms with Crippen molar-refractivity contribution in [3.05, 3.63) is 35.9 Å². The third kappa shape index (κ3) is 1.86. The summed E-state index contributed by atoms with van der Waals surface area (Å²) in [4.78, 5) is 0. The second-order valence-corrected chi connectivity index (χ2v) is 1.72. The van der Waals surface area contributed by atoms with Gasteiger partial charge in [0, 0.05) is 7.98 Å². The fourth-order valence-electron chi connectivity index (χ4n) is 0.640. The molecule has 0 radical (unpaired) electrons. The highest BCUT2D eigenvalue weighted by Gasteiger charge is 1.85. The van der Waals surface area contributed by atoms with Gasteiger partial charge in [-0.15, -0.1) is 0 Å². The summed E-state index contributed by atoms with van der Waals surface area (Å²) in [5.41, 5.74) is 0.694. The summed E-state index contributed by atoms with van der Waals surface area (Å²) in [6.45, 7) is -0.191. The average Bonchev–Trinajstić information content (AvgIpc) is 2.03. The first-order valence-electron chi connectivity index (χ1n) is 3.91. The fourth-order valence-corrected chi connectivity index (χ4v) is 0.640. The Hall–Kier alpha value is -0.820. The molecule has 0 aliphatic carbocycles. The van der Waals surface area contributed by atoms with Gasteiger partial charge in [0.15, 0.2) is 0 Å². The second kappa shape index (κ2) is 3.25. The SMILES string of the molecule is [2H]c1cccc(C([2H])CO)c1. The van der Waals surface area contributed by atoms with Crippen LogP contribution in [-0.2, 0) is 6.40 Å². The smallest absolute Gasteiger partial charge is 0.0623 e. The van der Waals surface area contributed by atoms with Crippen LogP contribution in [0.3, 0.4) is 0 Å². The molecule has 0 aliphatic heterocycles. The maximum Gasteiger partial charge on any atom is 0.0623 e. The molecule has 0 saturated carbocycles. The van der Waals surface area contributed by atoms with Crippen molar-refractivity contribution in [1.82, 2.24) is 0 Å². The molecule has 0 aliphatic rings. The van der Waals surface area contributed by atoms with Crippen molar-refractivity contribution in [2.75, 3.05) is 6.61 Å². The van der Waals surface area contributed by atoms with Crippen LogP contribution < -0.4 is 0 Å². The van der Waals surface area contributed by atoms with Gasteiger partial charge in [0.1, 0.15) is 0 Å². The molecule has 48 valence electrons.